The highest BCUT2D eigenvalue weighted by atomic mass is 19.4. The second-order valence-corrected chi connectivity index (χ2v) is 7.37. The molecule has 0 atom stereocenters. The van der Waals surface area contributed by atoms with Crippen molar-refractivity contribution in [3.63, 3.8) is 0 Å². The molecule has 10 heteroatoms. The molecule has 1 aromatic heterocycles. The maximum atomic E-state index is 12.4. The van der Waals surface area contributed by atoms with Crippen LogP contribution in [0.15, 0.2) is 36.5 Å². The molecule has 0 radical (unpaired) electrons. The maximum Gasteiger partial charge on any atom is 0.573 e. The van der Waals surface area contributed by atoms with Crippen LogP contribution in [0.1, 0.15) is 36.0 Å². The van der Waals surface area contributed by atoms with E-state index in [9.17, 15) is 18.0 Å². The molecule has 1 aromatic carbocycles. The second kappa shape index (κ2) is 9.19. The molecule has 2 aromatic rings. The Hall–Kier alpha value is -3.04. The minimum absolute atomic E-state index is 0.0447. The third-order valence-corrected chi connectivity index (χ3v) is 4.82. The number of carbonyl (C=O) groups excluding carboxylic acids is 1. The fraction of sp³-hybridized carbons (Fsp3) is 0.450. The lowest BCUT2D eigenvalue weighted by atomic mass is 9.91. The predicted octanol–water partition coefficient (Wildman–Crippen LogP) is 3.59. The van der Waals surface area contributed by atoms with Gasteiger partial charge in [0.2, 0.25) is 5.95 Å². The number of hydrogen-bond donors (Lipinski definition) is 2. The monoisotopic (exact) mass is 423 g/mol. The summed E-state index contributed by atoms with van der Waals surface area (Å²) < 4.78 is 41.0. The van der Waals surface area contributed by atoms with Crippen LogP contribution < -0.4 is 20.3 Å². The lowest BCUT2D eigenvalue weighted by Gasteiger charge is -2.29. The number of alkyl halides is 3. The summed E-state index contributed by atoms with van der Waals surface area (Å²) >= 11 is 0. The first-order chi connectivity index (χ1) is 14.2. The number of anilines is 2. The van der Waals surface area contributed by atoms with Crippen molar-refractivity contribution in [3.8, 4) is 5.75 Å². The molecule has 1 heterocycles. The molecule has 0 spiro atoms. The van der Waals surface area contributed by atoms with E-state index in [-0.39, 0.29) is 17.6 Å². The minimum atomic E-state index is -4.80. The molecule has 1 fully saturated rings. The molecular formula is C20H24F3N5O2. The number of benzene rings is 1. The van der Waals surface area contributed by atoms with E-state index in [4.69, 9.17) is 0 Å². The average Bonchev–Trinajstić information content (AvgIpc) is 2.68. The van der Waals surface area contributed by atoms with Gasteiger partial charge in [-0.2, -0.15) is 4.98 Å². The molecule has 1 aliphatic carbocycles. The van der Waals surface area contributed by atoms with Crippen LogP contribution >= 0.6 is 0 Å². The SMILES string of the molecule is CN(C)c1ccnc(NC2CCC(NC(=O)c3cccc(OC(F)(F)F)c3)CC2)n1. The van der Waals surface area contributed by atoms with E-state index >= 15 is 0 Å². The average molecular weight is 423 g/mol. The molecule has 0 aliphatic heterocycles. The Morgan fingerprint density at radius 2 is 1.83 bits per heavy atom. The summed E-state index contributed by atoms with van der Waals surface area (Å²) in [5.74, 6) is 0.546. The van der Waals surface area contributed by atoms with Crippen molar-refractivity contribution in [2.75, 3.05) is 24.3 Å². The molecule has 162 valence electrons. The van der Waals surface area contributed by atoms with Crippen LogP contribution in [0.4, 0.5) is 24.9 Å². The molecular weight excluding hydrogens is 399 g/mol. The van der Waals surface area contributed by atoms with E-state index in [0.717, 1.165) is 43.6 Å². The molecule has 0 saturated heterocycles. The first kappa shape index (κ1) is 21.7. The van der Waals surface area contributed by atoms with Gasteiger partial charge in [0.1, 0.15) is 11.6 Å². The van der Waals surface area contributed by atoms with E-state index < -0.39 is 18.0 Å². The number of halogens is 3. The van der Waals surface area contributed by atoms with Gasteiger partial charge in [0, 0.05) is 37.9 Å². The van der Waals surface area contributed by atoms with Gasteiger partial charge in [0.05, 0.1) is 0 Å². The van der Waals surface area contributed by atoms with Gasteiger partial charge in [0.15, 0.2) is 0 Å². The first-order valence-corrected chi connectivity index (χ1v) is 9.63. The molecule has 3 rings (SSSR count). The number of nitrogens with zero attached hydrogens (tertiary/aromatic N) is 3. The summed E-state index contributed by atoms with van der Waals surface area (Å²) in [5, 5.41) is 6.22. The van der Waals surface area contributed by atoms with Crippen LogP contribution in [-0.2, 0) is 0 Å². The van der Waals surface area contributed by atoms with Gasteiger partial charge in [-0.3, -0.25) is 4.79 Å². The Bertz CT molecular complexity index is 868. The van der Waals surface area contributed by atoms with Crippen LogP contribution in [0.3, 0.4) is 0 Å². The summed E-state index contributed by atoms with van der Waals surface area (Å²) in [7, 11) is 3.82. The number of amides is 1. The molecule has 30 heavy (non-hydrogen) atoms. The Morgan fingerprint density at radius 1 is 1.13 bits per heavy atom. The van der Waals surface area contributed by atoms with Crippen molar-refractivity contribution in [1.29, 1.82) is 0 Å². The molecule has 1 saturated carbocycles. The van der Waals surface area contributed by atoms with Crippen molar-refractivity contribution in [2.24, 2.45) is 0 Å². The zero-order valence-electron chi connectivity index (χ0n) is 16.7. The summed E-state index contributed by atoms with van der Waals surface area (Å²) in [6.45, 7) is 0. The Balaban J connectivity index is 1.50. The zero-order chi connectivity index (χ0) is 21.7. The molecule has 7 nitrogen and oxygen atoms in total. The maximum absolute atomic E-state index is 12.4. The third kappa shape index (κ3) is 6.23. The summed E-state index contributed by atoms with van der Waals surface area (Å²) in [6.07, 6.45) is 0.0316. The van der Waals surface area contributed by atoms with Crippen molar-refractivity contribution in [2.45, 2.75) is 44.1 Å². The van der Waals surface area contributed by atoms with Gasteiger partial charge >= 0.3 is 6.36 Å². The minimum Gasteiger partial charge on any atom is -0.406 e. The van der Waals surface area contributed by atoms with Crippen LogP contribution in [-0.4, -0.2) is 48.4 Å². The molecule has 2 N–H and O–H groups in total. The molecule has 1 aliphatic rings. The lowest BCUT2D eigenvalue weighted by Crippen LogP contribution is -2.40. The third-order valence-electron chi connectivity index (χ3n) is 4.82. The summed E-state index contributed by atoms with van der Waals surface area (Å²) in [5.41, 5.74) is 0.130. The summed E-state index contributed by atoms with van der Waals surface area (Å²) in [6, 6.07) is 7.04. The van der Waals surface area contributed by atoms with Gasteiger partial charge < -0.3 is 20.3 Å². The van der Waals surface area contributed by atoms with Crippen LogP contribution in [0.2, 0.25) is 0 Å². The van der Waals surface area contributed by atoms with Crippen LogP contribution in [0.25, 0.3) is 0 Å². The van der Waals surface area contributed by atoms with Crippen molar-refractivity contribution in [3.05, 3.63) is 42.1 Å². The highest BCUT2D eigenvalue weighted by molar-refractivity contribution is 5.94. The topological polar surface area (TPSA) is 79.4 Å². The highest BCUT2D eigenvalue weighted by Gasteiger charge is 2.31. The smallest absolute Gasteiger partial charge is 0.406 e. The van der Waals surface area contributed by atoms with E-state index in [0.29, 0.717) is 5.95 Å². The van der Waals surface area contributed by atoms with Crippen molar-refractivity contribution < 1.29 is 22.7 Å². The van der Waals surface area contributed by atoms with E-state index in [1.165, 1.54) is 12.1 Å². The van der Waals surface area contributed by atoms with Gasteiger partial charge in [-0.05, 0) is 49.9 Å². The summed E-state index contributed by atoms with van der Waals surface area (Å²) in [4.78, 5) is 23.0. The van der Waals surface area contributed by atoms with Gasteiger partial charge in [-0.15, -0.1) is 13.2 Å². The number of ether oxygens (including phenoxy) is 1. The van der Waals surface area contributed by atoms with E-state index in [2.05, 4.69) is 25.3 Å². The van der Waals surface area contributed by atoms with Gasteiger partial charge in [-0.25, -0.2) is 4.98 Å². The standard InChI is InChI=1S/C20H24F3N5O2/c1-28(2)17-10-11-24-19(27-17)26-15-8-6-14(7-9-15)25-18(29)13-4-3-5-16(12-13)30-20(21,22)23/h3-5,10-12,14-15H,6-9H2,1-2H3,(H,25,29)(H,24,26,27). The zero-order valence-corrected chi connectivity index (χ0v) is 16.7. The number of nitrogens with one attached hydrogen (secondary N) is 2. The van der Waals surface area contributed by atoms with Crippen LogP contribution in [0.5, 0.6) is 5.75 Å². The quantitative estimate of drug-likeness (QED) is 0.739. The number of rotatable bonds is 6. The van der Waals surface area contributed by atoms with Gasteiger partial charge in [0.25, 0.3) is 5.91 Å². The Kier molecular flexibility index (Phi) is 6.63. The normalized spacial score (nSPS) is 19.1. The van der Waals surface area contributed by atoms with E-state index in [1.54, 1.807) is 6.20 Å². The fourth-order valence-corrected chi connectivity index (χ4v) is 3.34. The molecule has 1 amide bonds. The van der Waals surface area contributed by atoms with Crippen LogP contribution in [0, 0.1) is 0 Å². The molecule has 0 bridgehead atoms. The van der Waals surface area contributed by atoms with E-state index in [1.807, 2.05) is 25.1 Å². The Labute approximate surface area is 172 Å². The number of carbonyl (C=O) groups is 1. The fourth-order valence-electron chi connectivity index (χ4n) is 3.34. The lowest BCUT2D eigenvalue weighted by molar-refractivity contribution is -0.274. The van der Waals surface area contributed by atoms with Gasteiger partial charge in [-0.1, -0.05) is 6.07 Å². The Morgan fingerprint density at radius 3 is 2.50 bits per heavy atom. The number of aromatic nitrogens is 2. The first-order valence-electron chi connectivity index (χ1n) is 9.63. The van der Waals surface area contributed by atoms with Crippen molar-refractivity contribution in [1.82, 2.24) is 15.3 Å². The predicted molar refractivity (Wildman–Crippen MR) is 107 cm³/mol. The second-order valence-electron chi connectivity index (χ2n) is 7.37. The largest absolute Gasteiger partial charge is 0.573 e. The number of hydrogen-bond acceptors (Lipinski definition) is 6. The highest BCUT2D eigenvalue weighted by Crippen LogP contribution is 2.25. The molecule has 0 unspecified atom stereocenters. The van der Waals surface area contributed by atoms with Crippen molar-refractivity contribution >= 4 is 17.7 Å².